The number of nitrogens with zero attached hydrogens (tertiary/aromatic N) is 5. The molecule has 3 heterocycles. The number of pyridine rings is 1. The Morgan fingerprint density at radius 2 is 2.22 bits per heavy atom. The second-order valence-corrected chi connectivity index (χ2v) is 6.34. The molecule has 0 bridgehead atoms. The number of aryl methyl sites for hydroxylation is 2. The number of rotatable bonds is 5. The minimum absolute atomic E-state index is 0. The first-order chi connectivity index (χ1) is 12.5. The van der Waals surface area contributed by atoms with Gasteiger partial charge in [-0.1, -0.05) is 6.07 Å². The maximum atomic E-state index is 12.8. The Kier molecular flexibility index (Phi) is 6.86. The van der Waals surface area contributed by atoms with Crippen molar-refractivity contribution in [2.24, 2.45) is 0 Å². The van der Waals surface area contributed by atoms with E-state index in [-0.39, 0.29) is 36.5 Å². The third-order valence-electron chi connectivity index (χ3n) is 4.70. The molecule has 146 valence electrons. The summed E-state index contributed by atoms with van der Waals surface area (Å²) in [6.07, 6.45) is 3.74. The molecule has 1 unspecified atom stereocenters. The van der Waals surface area contributed by atoms with Gasteiger partial charge < -0.3 is 10.2 Å². The van der Waals surface area contributed by atoms with Gasteiger partial charge in [-0.25, -0.2) is 0 Å². The standard InChI is InChI=1S/C17H22N6O3.ClH/c1-12-17(23(25)26)13(2)22(20-12)8-5-16(24)21-9-7-19-11-15(21)14-4-3-6-18-10-14;/h3-4,6,10,15,19H,5,7-9,11H2,1-2H3;1H. The van der Waals surface area contributed by atoms with Crippen molar-refractivity contribution < 1.29 is 9.72 Å². The van der Waals surface area contributed by atoms with Crippen LogP contribution in [-0.4, -0.2) is 50.1 Å². The van der Waals surface area contributed by atoms with Crippen LogP contribution in [0, 0.1) is 24.0 Å². The van der Waals surface area contributed by atoms with E-state index in [9.17, 15) is 14.9 Å². The summed E-state index contributed by atoms with van der Waals surface area (Å²) in [5, 5.41) is 18.6. The van der Waals surface area contributed by atoms with E-state index in [0.29, 0.717) is 31.0 Å². The molecule has 2 aromatic rings. The monoisotopic (exact) mass is 394 g/mol. The van der Waals surface area contributed by atoms with E-state index in [1.807, 2.05) is 17.0 Å². The van der Waals surface area contributed by atoms with Gasteiger partial charge in [-0.2, -0.15) is 5.10 Å². The minimum Gasteiger partial charge on any atom is -0.333 e. The molecular weight excluding hydrogens is 372 g/mol. The Morgan fingerprint density at radius 3 is 2.85 bits per heavy atom. The van der Waals surface area contributed by atoms with Crippen molar-refractivity contribution in [1.82, 2.24) is 25.0 Å². The number of hydrogen-bond acceptors (Lipinski definition) is 6. The number of carbonyl (C=O) groups is 1. The molecule has 0 radical (unpaired) electrons. The lowest BCUT2D eigenvalue weighted by Gasteiger charge is -2.36. The molecule has 0 aliphatic carbocycles. The van der Waals surface area contributed by atoms with E-state index in [4.69, 9.17) is 0 Å². The Labute approximate surface area is 163 Å². The molecule has 1 fully saturated rings. The maximum absolute atomic E-state index is 12.8. The van der Waals surface area contributed by atoms with Gasteiger partial charge in [0.25, 0.3) is 0 Å². The molecule has 1 saturated heterocycles. The summed E-state index contributed by atoms with van der Waals surface area (Å²) in [4.78, 5) is 29.5. The lowest BCUT2D eigenvalue weighted by atomic mass is 10.0. The highest BCUT2D eigenvalue weighted by Gasteiger charge is 2.28. The molecule has 1 atom stereocenters. The van der Waals surface area contributed by atoms with Crippen molar-refractivity contribution in [2.75, 3.05) is 19.6 Å². The summed E-state index contributed by atoms with van der Waals surface area (Å²) in [7, 11) is 0. The Bertz CT molecular complexity index is 811. The van der Waals surface area contributed by atoms with Crippen molar-refractivity contribution in [1.29, 1.82) is 0 Å². The zero-order valence-corrected chi connectivity index (χ0v) is 16.1. The molecular formula is C17H23ClN6O3. The van der Waals surface area contributed by atoms with E-state index < -0.39 is 4.92 Å². The molecule has 27 heavy (non-hydrogen) atoms. The zero-order valence-electron chi connectivity index (χ0n) is 15.3. The number of hydrogen-bond donors (Lipinski definition) is 1. The van der Waals surface area contributed by atoms with Gasteiger partial charge in [0.1, 0.15) is 11.4 Å². The first kappa shape index (κ1) is 20.8. The second-order valence-electron chi connectivity index (χ2n) is 6.34. The average molecular weight is 395 g/mol. The van der Waals surface area contributed by atoms with Crippen molar-refractivity contribution in [3.8, 4) is 0 Å². The molecule has 0 spiro atoms. The van der Waals surface area contributed by atoms with Crippen molar-refractivity contribution in [2.45, 2.75) is 32.9 Å². The van der Waals surface area contributed by atoms with Crippen LogP contribution in [-0.2, 0) is 11.3 Å². The van der Waals surface area contributed by atoms with Gasteiger partial charge >= 0.3 is 5.69 Å². The van der Waals surface area contributed by atoms with E-state index in [2.05, 4.69) is 15.4 Å². The zero-order chi connectivity index (χ0) is 18.7. The van der Waals surface area contributed by atoms with Crippen molar-refractivity contribution in [3.05, 3.63) is 51.6 Å². The number of piperazine rings is 1. The van der Waals surface area contributed by atoms with Crippen LogP contribution in [0.3, 0.4) is 0 Å². The Balaban J connectivity index is 0.00000261. The molecule has 1 amide bonds. The van der Waals surface area contributed by atoms with E-state index >= 15 is 0 Å². The van der Waals surface area contributed by atoms with Gasteiger partial charge in [0.05, 0.1) is 17.5 Å². The highest BCUT2D eigenvalue weighted by Crippen LogP contribution is 2.24. The van der Waals surface area contributed by atoms with Crippen LogP contribution in [0.25, 0.3) is 0 Å². The van der Waals surface area contributed by atoms with E-state index in [1.54, 1.807) is 30.9 Å². The molecule has 10 heteroatoms. The highest BCUT2D eigenvalue weighted by atomic mass is 35.5. The number of carbonyl (C=O) groups excluding carboxylic acids is 1. The second kappa shape index (κ2) is 8.92. The molecule has 1 N–H and O–H groups in total. The SMILES string of the molecule is Cc1nn(CCC(=O)N2CCNCC2c2cccnc2)c(C)c1[N+](=O)[O-].Cl. The van der Waals surface area contributed by atoms with E-state index in [1.165, 1.54) is 0 Å². The number of aromatic nitrogens is 3. The first-order valence-electron chi connectivity index (χ1n) is 8.57. The minimum atomic E-state index is -0.426. The Morgan fingerprint density at radius 1 is 1.44 bits per heavy atom. The van der Waals surface area contributed by atoms with Gasteiger partial charge in [0, 0.05) is 38.4 Å². The van der Waals surface area contributed by atoms with Crippen molar-refractivity contribution in [3.63, 3.8) is 0 Å². The first-order valence-corrected chi connectivity index (χ1v) is 8.57. The molecule has 0 aromatic carbocycles. The largest absolute Gasteiger partial charge is 0.333 e. The number of nitrogens with one attached hydrogen (secondary N) is 1. The van der Waals surface area contributed by atoms with Gasteiger partial charge in [-0.3, -0.25) is 24.6 Å². The molecule has 9 nitrogen and oxygen atoms in total. The fourth-order valence-electron chi connectivity index (χ4n) is 3.39. The average Bonchev–Trinajstić information content (AvgIpc) is 2.94. The Hall–Kier alpha value is -2.52. The summed E-state index contributed by atoms with van der Waals surface area (Å²) in [6, 6.07) is 3.77. The van der Waals surface area contributed by atoms with Crippen LogP contribution >= 0.6 is 12.4 Å². The number of nitro groups is 1. The van der Waals surface area contributed by atoms with Crippen LogP contribution in [0.1, 0.15) is 29.4 Å². The molecule has 0 saturated carbocycles. The van der Waals surface area contributed by atoms with Gasteiger partial charge in [-0.05, 0) is 25.5 Å². The molecule has 2 aromatic heterocycles. The summed E-state index contributed by atoms with van der Waals surface area (Å²) in [6.45, 7) is 5.64. The predicted octanol–water partition coefficient (Wildman–Crippen LogP) is 1.79. The van der Waals surface area contributed by atoms with Crippen LogP contribution in [0.4, 0.5) is 5.69 Å². The smallest absolute Gasteiger partial charge is 0.312 e. The summed E-state index contributed by atoms with van der Waals surface area (Å²) < 4.78 is 1.55. The summed E-state index contributed by atoms with van der Waals surface area (Å²) >= 11 is 0. The lowest BCUT2D eigenvalue weighted by molar-refractivity contribution is -0.386. The predicted molar refractivity (Wildman–Crippen MR) is 102 cm³/mol. The normalized spacial score (nSPS) is 16.7. The van der Waals surface area contributed by atoms with Gasteiger partial charge in [-0.15, -0.1) is 12.4 Å². The molecule has 1 aliphatic heterocycles. The molecule has 3 rings (SSSR count). The summed E-state index contributed by atoms with van der Waals surface area (Å²) in [5.74, 6) is 0.00978. The lowest BCUT2D eigenvalue weighted by Crippen LogP contribution is -2.48. The fraction of sp³-hybridized carbons (Fsp3) is 0.471. The van der Waals surface area contributed by atoms with E-state index in [0.717, 1.165) is 12.1 Å². The van der Waals surface area contributed by atoms with Crippen LogP contribution in [0.5, 0.6) is 0 Å². The fourth-order valence-corrected chi connectivity index (χ4v) is 3.39. The van der Waals surface area contributed by atoms with Crippen molar-refractivity contribution >= 4 is 24.0 Å². The van der Waals surface area contributed by atoms with Crippen LogP contribution in [0.2, 0.25) is 0 Å². The number of amides is 1. The van der Waals surface area contributed by atoms with Gasteiger partial charge in [0.2, 0.25) is 5.91 Å². The topological polar surface area (TPSA) is 106 Å². The number of halogens is 1. The molecule has 1 aliphatic rings. The van der Waals surface area contributed by atoms with Crippen LogP contribution in [0.15, 0.2) is 24.5 Å². The van der Waals surface area contributed by atoms with Gasteiger partial charge in [0.15, 0.2) is 0 Å². The highest BCUT2D eigenvalue weighted by molar-refractivity contribution is 5.85. The quantitative estimate of drug-likeness (QED) is 0.612. The maximum Gasteiger partial charge on any atom is 0.312 e. The third-order valence-corrected chi connectivity index (χ3v) is 4.70. The summed E-state index contributed by atoms with van der Waals surface area (Å²) in [5.41, 5.74) is 1.86. The third kappa shape index (κ3) is 4.42. The van der Waals surface area contributed by atoms with Crippen LogP contribution < -0.4 is 5.32 Å².